The summed E-state index contributed by atoms with van der Waals surface area (Å²) in [4.78, 5) is 26.2. The summed E-state index contributed by atoms with van der Waals surface area (Å²) in [6.45, 7) is 2.02. The number of hydrogen-bond donors (Lipinski definition) is 1. The Labute approximate surface area is 150 Å². The maximum absolute atomic E-state index is 12.8. The number of fused-ring (bicyclic) bond motifs is 2. The average Bonchev–Trinajstić information content (AvgIpc) is 3.03. The number of aryl methyl sites for hydroxylation is 1. The third-order valence-corrected chi connectivity index (χ3v) is 4.46. The molecule has 0 unspecified atom stereocenters. The molecule has 26 heavy (non-hydrogen) atoms. The van der Waals surface area contributed by atoms with Crippen LogP contribution in [-0.4, -0.2) is 18.4 Å². The fraction of sp³-hybridized carbons (Fsp3) is 0.143. The molecule has 0 spiro atoms. The second-order valence-electron chi connectivity index (χ2n) is 6.11. The zero-order valence-corrected chi connectivity index (χ0v) is 14.4. The quantitative estimate of drug-likeness (QED) is 0.729. The van der Waals surface area contributed by atoms with E-state index in [1.54, 1.807) is 12.1 Å². The Hall–Kier alpha value is -3.34. The van der Waals surface area contributed by atoms with Gasteiger partial charge in [0.25, 0.3) is 5.91 Å². The summed E-state index contributed by atoms with van der Waals surface area (Å²) < 4.78 is 5.86. The molecule has 1 aromatic heterocycles. The molecule has 0 saturated carbocycles. The van der Waals surface area contributed by atoms with Crippen LogP contribution in [0, 0.1) is 0 Å². The number of benzene rings is 2. The van der Waals surface area contributed by atoms with E-state index in [4.69, 9.17) is 4.42 Å². The number of para-hydroxylation sites is 3. The number of anilines is 2. The lowest BCUT2D eigenvalue weighted by atomic mass is 10.1. The van der Waals surface area contributed by atoms with Crippen molar-refractivity contribution in [2.24, 2.45) is 0 Å². The minimum atomic E-state index is -0.236. The molecule has 5 nitrogen and oxygen atoms in total. The van der Waals surface area contributed by atoms with Gasteiger partial charge in [0, 0.05) is 23.4 Å². The van der Waals surface area contributed by atoms with Crippen LogP contribution in [0.25, 0.3) is 17.0 Å². The Bertz CT molecular complexity index is 1030. The number of nitrogens with zero attached hydrogens (tertiary/aromatic N) is 1. The van der Waals surface area contributed by atoms with Crippen molar-refractivity contribution in [3.8, 4) is 0 Å². The summed E-state index contributed by atoms with van der Waals surface area (Å²) in [7, 11) is 0. The van der Waals surface area contributed by atoms with Gasteiger partial charge in [-0.3, -0.25) is 14.5 Å². The van der Waals surface area contributed by atoms with Crippen LogP contribution in [0.1, 0.15) is 18.2 Å². The highest BCUT2D eigenvalue weighted by Crippen LogP contribution is 2.30. The van der Waals surface area contributed by atoms with Crippen molar-refractivity contribution >= 4 is 40.2 Å². The van der Waals surface area contributed by atoms with E-state index in [9.17, 15) is 9.59 Å². The maximum atomic E-state index is 12.8. The summed E-state index contributed by atoms with van der Waals surface area (Å²) in [5, 5.41) is 3.76. The van der Waals surface area contributed by atoms with Crippen LogP contribution in [-0.2, 0) is 16.0 Å². The van der Waals surface area contributed by atoms with E-state index in [1.165, 1.54) is 11.0 Å². The first-order valence-corrected chi connectivity index (χ1v) is 8.56. The molecule has 0 bridgehead atoms. The van der Waals surface area contributed by atoms with Crippen molar-refractivity contribution in [3.05, 3.63) is 65.9 Å². The number of carbonyl (C=O) groups excluding carboxylic acids is 2. The molecule has 1 aliphatic heterocycles. The first-order valence-electron chi connectivity index (χ1n) is 8.56. The van der Waals surface area contributed by atoms with Gasteiger partial charge in [0.15, 0.2) is 0 Å². The van der Waals surface area contributed by atoms with Crippen molar-refractivity contribution in [3.63, 3.8) is 0 Å². The Balaban J connectivity index is 1.68. The van der Waals surface area contributed by atoms with Crippen molar-refractivity contribution in [2.45, 2.75) is 13.3 Å². The second-order valence-corrected chi connectivity index (χ2v) is 6.11. The molecule has 3 aromatic rings. The standard InChI is InChI=1S/C21H18N2O3/c1-2-18-15(14-7-3-6-10-19(14)26-18)11-12-21(25)23-13-20(24)22-16-8-4-5-9-17(16)23/h3-12H,2,13H2,1H3,(H,22,24)/b12-11+. The predicted octanol–water partition coefficient (Wildman–Crippen LogP) is 3.99. The van der Waals surface area contributed by atoms with Gasteiger partial charge >= 0.3 is 0 Å². The number of rotatable bonds is 3. The lowest BCUT2D eigenvalue weighted by Crippen LogP contribution is -2.41. The topological polar surface area (TPSA) is 62.6 Å². The summed E-state index contributed by atoms with van der Waals surface area (Å²) in [6.07, 6.45) is 4.02. The van der Waals surface area contributed by atoms with E-state index in [2.05, 4.69) is 5.32 Å². The maximum Gasteiger partial charge on any atom is 0.251 e. The molecule has 5 heteroatoms. The van der Waals surface area contributed by atoms with E-state index in [-0.39, 0.29) is 18.4 Å². The molecule has 1 N–H and O–H groups in total. The van der Waals surface area contributed by atoms with Crippen LogP contribution in [0.2, 0.25) is 0 Å². The third kappa shape index (κ3) is 2.77. The SMILES string of the molecule is CCc1oc2ccccc2c1/C=C/C(=O)N1CC(=O)Nc2ccccc21. The van der Waals surface area contributed by atoms with Gasteiger partial charge in [0.05, 0.1) is 11.4 Å². The highest BCUT2D eigenvalue weighted by Gasteiger charge is 2.25. The monoisotopic (exact) mass is 346 g/mol. The zero-order valence-electron chi connectivity index (χ0n) is 14.4. The van der Waals surface area contributed by atoms with Crippen molar-refractivity contribution in [2.75, 3.05) is 16.8 Å². The summed E-state index contributed by atoms with van der Waals surface area (Å²) in [6, 6.07) is 15.0. The van der Waals surface area contributed by atoms with Gasteiger partial charge in [-0.15, -0.1) is 0 Å². The first kappa shape index (κ1) is 16.1. The third-order valence-electron chi connectivity index (χ3n) is 4.46. The fourth-order valence-electron chi connectivity index (χ4n) is 3.24. The smallest absolute Gasteiger partial charge is 0.251 e. The van der Waals surface area contributed by atoms with Crippen molar-refractivity contribution in [1.29, 1.82) is 0 Å². The number of amides is 2. The normalized spacial score (nSPS) is 13.9. The van der Waals surface area contributed by atoms with Gasteiger partial charge in [-0.05, 0) is 24.3 Å². The van der Waals surface area contributed by atoms with Crippen LogP contribution in [0.3, 0.4) is 0 Å². The molecule has 0 radical (unpaired) electrons. The van der Waals surface area contributed by atoms with Crippen molar-refractivity contribution < 1.29 is 14.0 Å². The number of hydrogen-bond acceptors (Lipinski definition) is 3. The number of nitrogens with one attached hydrogen (secondary N) is 1. The first-order chi connectivity index (χ1) is 12.7. The zero-order chi connectivity index (χ0) is 18.1. The van der Waals surface area contributed by atoms with Crippen LogP contribution in [0.5, 0.6) is 0 Å². The molecule has 4 rings (SSSR count). The Morgan fingerprint density at radius 2 is 1.96 bits per heavy atom. The van der Waals surface area contributed by atoms with E-state index in [0.29, 0.717) is 11.4 Å². The molecular weight excluding hydrogens is 328 g/mol. The molecule has 2 heterocycles. The molecule has 0 atom stereocenters. The highest BCUT2D eigenvalue weighted by atomic mass is 16.3. The predicted molar refractivity (Wildman–Crippen MR) is 102 cm³/mol. The van der Waals surface area contributed by atoms with Gasteiger partial charge < -0.3 is 9.73 Å². The van der Waals surface area contributed by atoms with Gasteiger partial charge in [0.2, 0.25) is 5.91 Å². The lowest BCUT2D eigenvalue weighted by molar-refractivity contribution is -0.119. The number of furan rings is 1. The van der Waals surface area contributed by atoms with Crippen molar-refractivity contribution in [1.82, 2.24) is 0 Å². The molecule has 2 amide bonds. The van der Waals surface area contributed by atoms with Crippen LogP contribution >= 0.6 is 0 Å². The minimum absolute atomic E-state index is 0.00690. The van der Waals surface area contributed by atoms with Crippen LogP contribution in [0.15, 0.2) is 59.0 Å². The van der Waals surface area contributed by atoms with E-state index in [0.717, 1.165) is 28.7 Å². The van der Waals surface area contributed by atoms with E-state index >= 15 is 0 Å². The van der Waals surface area contributed by atoms with Gasteiger partial charge in [-0.25, -0.2) is 0 Å². The molecule has 0 fully saturated rings. The van der Waals surface area contributed by atoms with Gasteiger partial charge in [-0.2, -0.15) is 0 Å². The Morgan fingerprint density at radius 1 is 1.19 bits per heavy atom. The van der Waals surface area contributed by atoms with E-state index in [1.807, 2.05) is 49.4 Å². The summed E-state index contributed by atoms with van der Waals surface area (Å²) in [5.41, 5.74) is 3.06. The summed E-state index contributed by atoms with van der Waals surface area (Å²) >= 11 is 0. The minimum Gasteiger partial charge on any atom is -0.460 e. The lowest BCUT2D eigenvalue weighted by Gasteiger charge is -2.28. The molecule has 0 saturated heterocycles. The van der Waals surface area contributed by atoms with Crippen LogP contribution in [0.4, 0.5) is 11.4 Å². The summed E-state index contributed by atoms with van der Waals surface area (Å²) in [5.74, 6) is 0.403. The Kier molecular flexibility index (Phi) is 4.05. The molecule has 1 aliphatic rings. The largest absolute Gasteiger partial charge is 0.460 e. The van der Waals surface area contributed by atoms with Gasteiger partial charge in [-0.1, -0.05) is 37.3 Å². The average molecular weight is 346 g/mol. The number of carbonyl (C=O) groups is 2. The highest BCUT2D eigenvalue weighted by molar-refractivity contribution is 6.14. The molecule has 0 aliphatic carbocycles. The molecule has 2 aromatic carbocycles. The van der Waals surface area contributed by atoms with Gasteiger partial charge in [0.1, 0.15) is 17.9 Å². The van der Waals surface area contributed by atoms with E-state index < -0.39 is 0 Å². The molecule has 130 valence electrons. The molecular formula is C21H18N2O3. The fourth-order valence-corrected chi connectivity index (χ4v) is 3.24. The Morgan fingerprint density at radius 3 is 2.81 bits per heavy atom. The van der Waals surface area contributed by atoms with Crippen LogP contribution < -0.4 is 10.2 Å². The second kappa shape index (κ2) is 6.52.